The Bertz CT molecular complexity index is 95.2. The molecule has 1 saturated carbocycles. The summed E-state index contributed by atoms with van der Waals surface area (Å²) in [7, 11) is 0.242. The van der Waals surface area contributed by atoms with Crippen LogP contribution in [0.5, 0.6) is 0 Å². The van der Waals surface area contributed by atoms with Crippen molar-refractivity contribution in [2.24, 2.45) is 0 Å². The molecule has 0 atom stereocenters. The lowest BCUT2D eigenvalue weighted by Crippen LogP contribution is -2.11. The van der Waals surface area contributed by atoms with E-state index in [-0.39, 0.29) is 9.52 Å². The van der Waals surface area contributed by atoms with Gasteiger partial charge in [-0.15, -0.1) is 0 Å². The molecule has 2 radical (unpaired) electrons. The van der Waals surface area contributed by atoms with Crippen molar-refractivity contribution in [3.63, 3.8) is 0 Å². The van der Waals surface area contributed by atoms with Gasteiger partial charge < -0.3 is 0 Å². The molecule has 0 bridgehead atoms. The molecule has 1 aliphatic carbocycles. The first kappa shape index (κ1) is 10.3. The molecular weight excluding hydrogens is 160 g/mol. The maximum Gasteiger partial charge on any atom is 0.0274 e. The van der Waals surface area contributed by atoms with Gasteiger partial charge in [-0.3, -0.25) is 0 Å². The average molecular weight is 182 g/mol. The van der Waals surface area contributed by atoms with Crippen LogP contribution < -0.4 is 0 Å². The van der Waals surface area contributed by atoms with Gasteiger partial charge in [0, 0.05) is 9.52 Å². The molecule has 0 amide bonds. The van der Waals surface area contributed by atoms with E-state index in [0.717, 1.165) is 0 Å². The van der Waals surface area contributed by atoms with Crippen LogP contribution in [-0.2, 0) is 0 Å². The van der Waals surface area contributed by atoms with Gasteiger partial charge in [-0.25, -0.2) is 0 Å². The average Bonchev–Trinajstić information content (AvgIpc) is 2.14. The zero-order valence-corrected chi connectivity index (χ0v) is 9.86. The molecular formula is C11H22Si. The van der Waals surface area contributed by atoms with Crippen molar-refractivity contribution in [3.8, 4) is 0 Å². The fourth-order valence-electron chi connectivity index (χ4n) is 1.93. The van der Waals surface area contributed by atoms with Crippen LogP contribution in [0.2, 0.25) is 6.04 Å². The van der Waals surface area contributed by atoms with Crippen molar-refractivity contribution in [1.82, 2.24) is 0 Å². The molecule has 70 valence electrons. The summed E-state index contributed by atoms with van der Waals surface area (Å²) < 4.78 is 0. The van der Waals surface area contributed by atoms with Crippen LogP contribution in [0.4, 0.5) is 0 Å². The van der Waals surface area contributed by atoms with E-state index < -0.39 is 0 Å². The molecule has 12 heavy (non-hydrogen) atoms. The molecule has 0 unspecified atom stereocenters. The predicted molar refractivity (Wildman–Crippen MR) is 58.9 cm³/mol. The van der Waals surface area contributed by atoms with Gasteiger partial charge in [0.25, 0.3) is 0 Å². The normalized spacial score (nSPS) is 20.8. The second kappa shape index (κ2) is 6.70. The molecule has 1 rings (SSSR count). The molecule has 0 heterocycles. The minimum absolute atomic E-state index is 0.242. The SMILES string of the molecule is CCCCC[SiH2][C]1CC[CH]CC1. The highest BCUT2D eigenvalue weighted by molar-refractivity contribution is 6.43. The van der Waals surface area contributed by atoms with Crippen molar-refractivity contribution in [3.05, 3.63) is 12.0 Å². The van der Waals surface area contributed by atoms with Gasteiger partial charge in [0.05, 0.1) is 0 Å². The number of hydrogen-bond donors (Lipinski definition) is 0. The quantitative estimate of drug-likeness (QED) is 0.453. The maximum atomic E-state index is 2.46. The molecule has 0 aliphatic heterocycles. The van der Waals surface area contributed by atoms with Crippen LogP contribution in [0, 0.1) is 12.0 Å². The summed E-state index contributed by atoms with van der Waals surface area (Å²) in [6, 6.07) is 1.59. The first-order chi connectivity index (χ1) is 5.93. The monoisotopic (exact) mass is 182 g/mol. The van der Waals surface area contributed by atoms with E-state index in [9.17, 15) is 0 Å². The number of rotatable bonds is 5. The first-order valence-corrected chi connectivity index (χ1v) is 7.29. The van der Waals surface area contributed by atoms with Crippen LogP contribution in [0.15, 0.2) is 0 Å². The van der Waals surface area contributed by atoms with E-state index >= 15 is 0 Å². The second-order valence-corrected chi connectivity index (χ2v) is 6.13. The van der Waals surface area contributed by atoms with E-state index in [2.05, 4.69) is 13.3 Å². The Balaban J connectivity index is 1.91. The molecule has 0 aromatic rings. The molecule has 0 aromatic heterocycles. The van der Waals surface area contributed by atoms with Crippen molar-refractivity contribution in [2.45, 2.75) is 57.9 Å². The fraction of sp³-hybridized carbons (Fsp3) is 0.818. The van der Waals surface area contributed by atoms with E-state index in [1.807, 2.05) is 5.54 Å². The summed E-state index contributed by atoms with van der Waals surface area (Å²) in [5, 5.41) is 0. The Morgan fingerprint density at radius 2 is 2.00 bits per heavy atom. The van der Waals surface area contributed by atoms with Gasteiger partial charge in [-0.1, -0.05) is 45.1 Å². The highest BCUT2D eigenvalue weighted by Crippen LogP contribution is 2.24. The van der Waals surface area contributed by atoms with E-state index in [1.54, 1.807) is 6.04 Å². The summed E-state index contributed by atoms with van der Waals surface area (Å²) in [5.41, 5.74) is 1.98. The summed E-state index contributed by atoms with van der Waals surface area (Å²) in [6.07, 6.45) is 12.5. The zero-order chi connectivity index (χ0) is 8.65. The van der Waals surface area contributed by atoms with Crippen molar-refractivity contribution < 1.29 is 0 Å². The van der Waals surface area contributed by atoms with Crippen molar-refractivity contribution in [1.29, 1.82) is 0 Å². The lowest BCUT2D eigenvalue weighted by atomic mass is 10.0. The van der Waals surface area contributed by atoms with Crippen molar-refractivity contribution >= 4 is 9.52 Å². The van der Waals surface area contributed by atoms with Crippen LogP contribution in [0.25, 0.3) is 0 Å². The molecule has 0 spiro atoms. The summed E-state index contributed by atoms with van der Waals surface area (Å²) in [6.45, 7) is 2.30. The third-order valence-electron chi connectivity index (χ3n) is 2.79. The molecule has 1 fully saturated rings. The van der Waals surface area contributed by atoms with Gasteiger partial charge >= 0.3 is 0 Å². The van der Waals surface area contributed by atoms with Crippen LogP contribution in [0.1, 0.15) is 51.9 Å². The van der Waals surface area contributed by atoms with E-state index in [1.165, 1.54) is 44.9 Å². The highest BCUT2D eigenvalue weighted by Gasteiger charge is 2.13. The summed E-state index contributed by atoms with van der Waals surface area (Å²) >= 11 is 0. The number of unbranched alkanes of at least 4 members (excludes halogenated alkanes) is 2. The molecule has 0 N–H and O–H groups in total. The van der Waals surface area contributed by atoms with Crippen LogP contribution in [-0.4, -0.2) is 9.52 Å². The Hall–Kier alpha value is 0.217. The van der Waals surface area contributed by atoms with Crippen LogP contribution >= 0.6 is 0 Å². The first-order valence-electron chi connectivity index (χ1n) is 5.58. The molecule has 0 saturated heterocycles. The molecule has 1 heteroatoms. The lowest BCUT2D eigenvalue weighted by Gasteiger charge is -2.19. The van der Waals surface area contributed by atoms with Gasteiger partial charge in [0.1, 0.15) is 0 Å². The van der Waals surface area contributed by atoms with Crippen molar-refractivity contribution in [2.75, 3.05) is 0 Å². The Morgan fingerprint density at radius 3 is 2.67 bits per heavy atom. The van der Waals surface area contributed by atoms with Crippen LogP contribution in [0.3, 0.4) is 0 Å². The van der Waals surface area contributed by atoms with Gasteiger partial charge in [-0.05, 0) is 24.8 Å². The minimum Gasteiger partial charge on any atom is -0.0654 e. The molecule has 1 aliphatic rings. The Labute approximate surface area is 80.0 Å². The number of hydrogen-bond acceptors (Lipinski definition) is 0. The molecule has 0 aromatic carbocycles. The van der Waals surface area contributed by atoms with Gasteiger partial charge in [-0.2, -0.15) is 0 Å². The van der Waals surface area contributed by atoms with Gasteiger partial charge in [0.15, 0.2) is 0 Å². The smallest absolute Gasteiger partial charge is 0.0274 e. The Kier molecular flexibility index (Phi) is 5.75. The maximum absolute atomic E-state index is 2.46. The largest absolute Gasteiger partial charge is 0.0654 e. The van der Waals surface area contributed by atoms with E-state index in [4.69, 9.17) is 0 Å². The minimum atomic E-state index is 0.242. The summed E-state index contributed by atoms with van der Waals surface area (Å²) in [5.74, 6) is 0. The van der Waals surface area contributed by atoms with E-state index in [0.29, 0.717) is 0 Å². The standard InChI is InChI=1S/C11H22Si/c1-2-3-7-10-12-11-8-5-4-6-9-11/h4H,2-3,5-10,12H2,1H3. The lowest BCUT2D eigenvalue weighted by molar-refractivity contribution is 0.680. The topological polar surface area (TPSA) is 0 Å². The third-order valence-corrected chi connectivity index (χ3v) is 5.06. The Morgan fingerprint density at radius 1 is 1.25 bits per heavy atom. The summed E-state index contributed by atoms with van der Waals surface area (Å²) in [4.78, 5) is 0. The van der Waals surface area contributed by atoms with Gasteiger partial charge in [0.2, 0.25) is 0 Å². The zero-order valence-electron chi connectivity index (χ0n) is 8.44. The highest BCUT2D eigenvalue weighted by atomic mass is 28.2. The predicted octanol–water partition coefficient (Wildman–Crippen LogP) is 3.07. The fourth-order valence-corrected chi connectivity index (χ4v) is 3.95. The second-order valence-electron chi connectivity index (χ2n) is 3.93. The molecule has 0 nitrogen and oxygen atoms in total. The third kappa shape index (κ3) is 4.29.